The van der Waals surface area contributed by atoms with Crippen molar-refractivity contribution in [3.8, 4) is 17.1 Å². The summed E-state index contributed by atoms with van der Waals surface area (Å²) in [5, 5.41) is 8.60. The maximum Gasteiger partial charge on any atom is 0.199 e. The number of para-hydroxylation sites is 1. The number of aromatic nitrogens is 3. The molecule has 0 N–H and O–H groups in total. The average molecular weight is 375 g/mol. The van der Waals surface area contributed by atoms with Gasteiger partial charge >= 0.3 is 0 Å². The third kappa shape index (κ3) is 2.24. The summed E-state index contributed by atoms with van der Waals surface area (Å²) in [5.74, 6) is 0.882. The second kappa shape index (κ2) is 5.36. The Bertz CT molecular complexity index is 727. The molecule has 0 aliphatic heterocycles. The van der Waals surface area contributed by atoms with Gasteiger partial charge in [0.15, 0.2) is 9.66 Å². The molecule has 3 nitrogen and oxygen atoms in total. The first-order valence-electron chi connectivity index (χ1n) is 6.41. The summed E-state index contributed by atoms with van der Waals surface area (Å²) < 4.78 is 3.00. The quantitative estimate of drug-likeness (QED) is 0.630. The topological polar surface area (TPSA) is 30.7 Å². The molecule has 4 heteroatoms. The molecule has 1 heterocycles. The predicted octanol–water partition coefficient (Wildman–Crippen LogP) is 4.16. The van der Waals surface area contributed by atoms with Gasteiger partial charge in [-0.3, -0.25) is 4.57 Å². The summed E-state index contributed by atoms with van der Waals surface area (Å²) in [6.45, 7) is 4.24. The summed E-state index contributed by atoms with van der Waals surface area (Å²) in [6.07, 6.45) is 0. The van der Waals surface area contributed by atoms with E-state index < -0.39 is 0 Å². The molecule has 0 amide bonds. The predicted molar refractivity (Wildman–Crippen MR) is 89.0 cm³/mol. The Hall–Kier alpha value is -1.69. The van der Waals surface area contributed by atoms with Crippen LogP contribution in [0, 0.1) is 17.7 Å². The molecule has 0 saturated heterocycles. The number of rotatable bonds is 2. The van der Waals surface area contributed by atoms with Gasteiger partial charge in [-0.15, -0.1) is 10.2 Å². The van der Waals surface area contributed by atoms with E-state index in [1.165, 1.54) is 16.8 Å². The highest BCUT2D eigenvalue weighted by Gasteiger charge is 2.16. The molecule has 3 aromatic rings. The Labute approximate surface area is 131 Å². The molecule has 0 aliphatic rings. The van der Waals surface area contributed by atoms with Gasteiger partial charge in [0.05, 0.1) is 5.69 Å². The maximum atomic E-state index is 4.35. The van der Waals surface area contributed by atoms with E-state index in [4.69, 9.17) is 0 Å². The molecule has 2 aromatic carbocycles. The first-order valence-corrected chi connectivity index (χ1v) is 7.49. The largest absolute Gasteiger partial charge is 0.270 e. The smallest absolute Gasteiger partial charge is 0.199 e. The lowest BCUT2D eigenvalue weighted by Gasteiger charge is -2.14. The van der Waals surface area contributed by atoms with E-state index in [0.717, 1.165) is 15.2 Å². The van der Waals surface area contributed by atoms with Crippen LogP contribution in [-0.2, 0) is 0 Å². The van der Waals surface area contributed by atoms with E-state index >= 15 is 0 Å². The van der Waals surface area contributed by atoms with Gasteiger partial charge in [0.25, 0.3) is 0 Å². The number of nitrogens with zero attached hydrogens (tertiary/aromatic N) is 3. The van der Waals surface area contributed by atoms with Crippen LogP contribution in [0.15, 0.2) is 48.5 Å². The lowest BCUT2D eigenvalue weighted by molar-refractivity contribution is 0.987. The summed E-state index contributed by atoms with van der Waals surface area (Å²) in [4.78, 5) is 0. The molecular weight excluding hydrogens is 361 g/mol. The van der Waals surface area contributed by atoms with Crippen molar-refractivity contribution < 1.29 is 0 Å². The van der Waals surface area contributed by atoms with Gasteiger partial charge < -0.3 is 0 Å². The number of hydrogen-bond donors (Lipinski definition) is 0. The standard InChI is InChI=1S/C16H14IN3/c1-11-7-6-8-12(2)14(11)20-15(18-19-16(20)17)13-9-4-3-5-10-13/h3-10H,1-2H3. The first kappa shape index (κ1) is 13.3. The number of hydrogen-bond acceptors (Lipinski definition) is 2. The van der Waals surface area contributed by atoms with E-state index in [0.29, 0.717) is 0 Å². The lowest BCUT2D eigenvalue weighted by Crippen LogP contribution is -2.04. The van der Waals surface area contributed by atoms with E-state index in [1.807, 2.05) is 18.2 Å². The van der Waals surface area contributed by atoms with Crippen molar-refractivity contribution >= 4 is 22.6 Å². The van der Waals surface area contributed by atoms with Crippen LogP contribution in [0.3, 0.4) is 0 Å². The SMILES string of the molecule is Cc1cccc(C)c1-n1c(I)nnc1-c1ccccc1. The van der Waals surface area contributed by atoms with Crippen LogP contribution in [0.5, 0.6) is 0 Å². The van der Waals surface area contributed by atoms with Crippen molar-refractivity contribution in [3.63, 3.8) is 0 Å². The summed E-state index contributed by atoms with van der Waals surface area (Å²) in [6, 6.07) is 16.5. The minimum absolute atomic E-state index is 0.874. The van der Waals surface area contributed by atoms with Gasteiger partial charge in [-0.25, -0.2) is 0 Å². The second-order valence-electron chi connectivity index (χ2n) is 4.73. The zero-order valence-electron chi connectivity index (χ0n) is 11.3. The highest BCUT2D eigenvalue weighted by molar-refractivity contribution is 14.1. The van der Waals surface area contributed by atoms with Gasteiger partial charge in [-0.2, -0.15) is 0 Å². The first-order chi connectivity index (χ1) is 9.68. The molecule has 1 aromatic heterocycles. The van der Waals surface area contributed by atoms with Crippen LogP contribution >= 0.6 is 22.6 Å². The Kier molecular flexibility index (Phi) is 3.56. The zero-order chi connectivity index (χ0) is 14.1. The Balaban J connectivity index is 2.28. The fraction of sp³-hybridized carbons (Fsp3) is 0.125. The molecule has 0 bridgehead atoms. The number of benzene rings is 2. The van der Waals surface area contributed by atoms with Gasteiger partial charge in [-0.1, -0.05) is 48.5 Å². The van der Waals surface area contributed by atoms with Crippen LogP contribution in [0.2, 0.25) is 0 Å². The molecule has 100 valence electrons. The molecular formula is C16H14IN3. The van der Waals surface area contributed by atoms with Gasteiger partial charge in [0, 0.05) is 28.2 Å². The van der Waals surface area contributed by atoms with Crippen molar-refractivity contribution in [2.45, 2.75) is 13.8 Å². The molecule has 0 saturated carbocycles. The molecule has 0 unspecified atom stereocenters. The van der Waals surface area contributed by atoms with Crippen LogP contribution in [0.4, 0.5) is 0 Å². The van der Waals surface area contributed by atoms with Crippen molar-refractivity contribution in [2.24, 2.45) is 0 Å². The van der Waals surface area contributed by atoms with Gasteiger partial charge in [-0.05, 0) is 25.0 Å². The van der Waals surface area contributed by atoms with Gasteiger partial charge in [0.2, 0.25) is 0 Å². The van der Waals surface area contributed by atoms with E-state index in [9.17, 15) is 0 Å². The third-order valence-corrected chi connectivity index (χ3v) is 4.02. The normalized spacial score (nSPS) is 10.8. The van der Waals surface area contributed by atoms with E-state index in [2.05, 4.69) is 81.5 Å². The minimum atomic E-state index is 0.874. The summed E-state index contributed by atoms with van der Waals surface area (Å²) in [7, 11) is 0. The maximum absolute atomic E-state index is 4.35. The molecule has 20 heavy (non-hydrogen) atoms. The molecule has 0 aliphatic carbocycles. The lowest BCUT2D eigenvalue weighted by atomic mass is 10.1. The molecule has 0 fully saturated rings. The Morgan fingerprint density at radius 3 is 2.15 bits per heavy atom. The third-order valence-electron chi connectivity index (χ3n) is 3.32. The Morgan fingerprint density at radius 1 is 0.850 bits per heavy atom. The van der Waals surface area contributed by atoms with Gasteiger partial charge in [0.1, 0.15) is 0 Å². The highest BCUT2D eigenvalue weighted by Crippen LogP contribution is 2.27. The summed E-state index contributed by atoms with van der Waals surface area (Å²) >= 11 is 2.23. The van der Waals surface area contributed by atoms with E-state index in [-0.39, 0.29) is 0 Å². The van der Waals surface area contributed by atoms with Crippen molar-refractivity contribution in [2.75, 3.05) is 0 Å². The summed E-state index contributed by atoms with van der Waals surface area (Å²) in [5.41, 5.74) is 4.69. The fourth-order valence-electron chi connectivity index (χ4n) is 2.40. The molecule has 3 rings (SSSR count). The number of aryl methyl sites for hydroxylation is 2. The Morgan fingerprint density at radius 2 is 1.50 bits per heavy atom. The zero-order valence-corrected chi connectivity index (χ0v) is 13.5. The van der Waals surface area contributed by atoms with Crippen LogP contribution < -0.4 is 0 Å². The van der Waals surface area contributed by atoms with Crippen LogP contribution in [0.25, 0.3) is 17.1 Å². The minimum Gasteiger partial charge on any atom is -0.270 e. The van der Waals surface area contributed by atoms with Crippen LogP contribution in [0.1, 0.15) is 11.1 Å². The fourth-order valence-corrected chi connectivity index (χ4v) is 2.97. The molecule has 0 atom stereocenters. The van der Waals surface area contributed by atoms with Crippen molar-refractivity contribution in [1.82, 2.24) is 14.8 Å². The monoisotopic (exact) mass is 375 g/mol. The average Bonchev–Trinajstić information content (AvgIpc) is 2.82. The van der Waals surface area contributed by atoms with Crippen molar-refractivity contribution in [1.29, 1.82) is 0 Å². The number of halogens is 1. The van der Waals surface area contributed by atoms with E-state index in [1.54, 1.807) is 0 Å². The van der Waals surface area contributed by atoms with Crippen molar-refractivity contribution in [3.05, 3.63) is 63.5 Å². The molecule has 0 spiro atoms. The highest BCUT2D eigenvalue weighted by atomic mass is 127. The second-order valence-corrected chi connectivity index (χ2v) is 5.70. The molecule has 0 radical (unpaired) electrons. The van der Waals surface area contributed by atoms with Crippen LogP contribution in [-0.4, -0.2) is 14.8 Å².